The predicted molar refractivity (Wildman–Crippen MR) is 71.8 cm³/mol. The zero-order valence-corrected chi connectivity index (χ0v) is 11.3. The number of aromatic nitrogens is 2. The molecule has 1 aromatic carbocycles. The molecule has 0 aliphatic rings. The molecule has 0 fully saturated rings. The van der Waals surface area contributed by atoms with Gasteiger partial charge in [0.15, 0.2) is 0 Å². The first-order valence-electron chi connectivity index (χ1n) is 5.97. The number of methoxy groups -OCH3 is 1. The molecule has 4 heteroatoms. The van der Waals surface area contributed by atoms with Gasteiger partial charge >= 0.3 is 0 Å². The number of aryl methyl sites for hydroxylation is 1. The number of rotatable bonds is 4. The van der Waals surface area contributed by atoms with Crippen LogP contribution in [0.5, 0.6) is 5.75 Å². The standard InChI is InChI=1S/C14H19N3O/c1-10-13(9-16-17(10)3)14(15-2)11-6-5-7-12(8-11)18-4/h5-9,14-15H,1-4H3. The van der Waals surface area contributed by atoms with E-state index < -0.39 is 0 Å². The molecule has 0 aliphatic heterocycles. The summed E-state index contributed by atoms with van der Waals surface area (Å²) in [4.78, 5) is 0. The van der Waals surface area contributed by atoms with Crippen LogP contribution in [0.15, 0.2) is 30.5 Å². The maximum atomic E-state index is 5.27. The summed E-state index contributed by atoms with van der Waals surface area (Å²) in [5, 5.41) is 7.63. The summed E-state index contributed by atoms with van der Waals surface area (Å²) in [7, 11) is 5.59. The molecular weight excluding hydrogens is 226 g/mol. The SMILES string of the molecule is CNC(c1cccc(OC)c1)c1cnn(C)c1C. The van der Waals surface area contributed by atoms with Crippen molar-refractivity contribution in [2.24, 2.45) is 7.05 Å². The van der Waals surface area contributed by atoms with E-state index in [2.05, 4.69) is 23.4 Å². The fourth-order valence-corrected chi connectivity index (χ4v) is 2.12. The van der Waals surface area contributed by atoms with Crippen LogP contribution in [0.4, 0.5) is 0 Å². The van der Waals surface area contributed by atoms with Gasteiger partial charge in [0.1, 0.15) is 5.75 Å². The van der Waals surface area contributed by atoms with Gasteiger partial charge in [-0.05, 0) is 31.7 Å². The number of hydrogen-bond donors (Lipinski definition) is 1. The highest BCUT2D eigenvalue weighted by Crippen LogP contribution is 2.26. The average Bonchev–Trinajstić information content (AvgIpc) is 2.72. The molecule has 18 heavy (non-hydrogen) atoms. The zero-order valence-electron chi connectivity index (χ0n) is 11.3. The molecule has 0 spiro atoms. The number of benzene rings is 1. The summed E-state index contributed by atoms with van der Waals surface area (Å²) >= 11 is 0. The molecule has 1 N–H and O–H groups in total. The van der Waals surface area contributed by atoms with E-state index in [1.54, 1.807) is 7.11 Å². The average molecular weight is 245 g/mol. The van der Waals surface area contributed by atoms with Gasteiger partial charge in [0.2, 0.25) is 0 Å². The summed E-state index contributed by atoms with van der Waals surface area (Å²) < 4.78 is 7.16. The molecule has 1 aromatic heterocycles. The van der Waals surface area contributed by atoms with Gasteiger partial charge in [-0.1, -0.05) is 12.1 Å². The fraction of sp³-hybridized carbons (Fsp3) is 0.357. The van der Waals surface area contributed by atoms with E-state index in [0.29, 0.717) is 0 Å². The Hall–Kier alpha value is -1.81. The van der Waals surface area contributed by atoms with Crippen LogP contribution in [-0.2, 0) is 7.05 Å². The first-order chi connectivity index (χ1) is 8.67. The van der Waals surface area contributed by atoms with Crippen LogP contribution in [0.25, 0.3) is 0 Å². The number of ether oxygens (including phenoxy) is 1. The highest BCUT2D eigenvalue weighted by molar-refractivity contribution is 5.37. The van der Waals surface area contributed by atoms with E-state index in [9.17, 15) is 0 Å². The molecule has 0 amide bonds. The molecule has 0 saturated carbocycles. The van der Waals surface area contributed by atoms with Crippen molar-refractivity contribution >= 4 is 0 Å². The fourth-order valence-electron chi connectivity index (χ4n) is 2.12. The molecule has 4 nitrogen and oxygen atoms in total. The minimum Gasteiger partial charge on any atom is -0.497 e. The lowest BCUT2D eigenvalue weighted by atomic mass is 9.99. The first-order valence-corrected chi connectivity index (χ1v) is 5.97. The zero-order chi connectivity index (χ0) is 13.1. The van der Waals surface area contributed by atoms with Gasteiger partial charge in [0, 0.05) is 18.3 Å². The Balaban J connectivity index is 2.41. The van der Waals surface area contributed by atoms with E-state index >= 15 is 0 Å². The van der Waals surface area contributed by atoms with Crippen LogP contribution in [-0.4, -0.2) is 23.9 Å². The summed E-state index contributed by atoms with van der Waals surface area (Å²) in [5.74, 6) is 0.870. The van der Waals surface area contributed by atoms with E-state index in [1.165, 1.54) is 11.1 Å². The maximum absolute atomic E-state index is 5.27. The summed E-state index contributed by atoms with van der Waals surface area (Å²) in [6, 6.07) is 8.23. The highest BCUT2D eigenvalue weighted by Gasteiger charge is 2.17. The molecule has 1 atom stereocenters. The molecule has 2 rings (SSSR count). The van der Waals surface area contributed by atoms with Crippen molar-refractivity contribution in [2.45, 2.75) is 13.0 Å². The van der Waals surface area contributed by atoms with Crippen molar-refractivity contribution in [3.63, 3.8) is 0 Å². The lowest BCUT2D eigenvalue weighted by Gasteiger charge is -2.17. The summed E-state index contributed by atoms with van der Waals surface area (Å²) in [5.41, 5.74) is 3.53. The topological polar surface area (TPSA) is 39.1 Å². The molecular formula is C14H19N3O. The van der Waals surface area contributed by atoms with Gasteiger partial charge in [-0.3, -0.25) is 4.68 Å². The van der Waals surface area contributed by atoms with Gasteiger partial charge in [0.25, 0.3) is 0 Å². The Morgan fingerprint density at radius 3 is 2.72 bits per heavy atom. The third-order valence-electron chi connectivity index (χ3n) is 3.30. The third-order valence-corrected chi connectivity index (χ3v) is 3.30. The van der Waals surface area contributed by atoms with Crippen LogP contribution in [0.3, 0.4) is 0 Å². The van der Waals surface area contributed by atoms with Crippen molar-refractivity contribution in [2.75, 3.05) is 14.2 Å². The Bertz CT molecular complexity index is 534. The first kappa shape index (κ1) is 12.6. The molecule has 0 bridgehead atoms. The van der Waals surface area contributed by atoms with Crippen molar-refractivity contribution in [1.29, 1.82) is 0 Å². The van der Waals surface area contributed by atoms with Gasteiger partial charge < -0.3 is 10.1 Å². The lowest BCUT2D eigenvalue weighted by Crippen LogP contribution is -2.18. The smallest absolute Gasteiger partial charge is 0.119 e. The van der Waals surface area contributed by atoms with Crippen molar-refractivity contribution in [3.8, 4) is 5.75 Å². The summed E-state index contributed by atoms with van der Waals surface area (Å²) in [6.07, 6.45) is 1.91. The normalized spacial score (nSPS) is 12.4. The Morgan fingerprint density at radius 2 is 2.17 bits per heavy atom. The van der Waals surface area contributed by atoms with Gasteiger partial charge in [-0.15, -0.1) is 0 Å². The quantitative estimate of drug-likeness (QED) is 0.896. The Morgan fingerprint density at radius 1 is 1.39 bits per heavy atom. The molecule has 1 unspecified atom stereocenters. The highest BCUT2D eigenvalue weighted by atomic mass is 16.5. The van der Waals surface area contributed by atoms with Crippen LogP contribution >= 0.6 is 0 Å². The minimum absolute atomic E-state index is 0.133. The largest absolute Gasteiger partial charge is 0.497 e. The van der Waals surface area contributed by atoms with Crippen LogP contribution in [0.2, 0.25) is 0 Å². The van der Waals surface area contributed by atoms with Crippen LogP contribution in [0.1, 0.15) is 22.9 Å². The molecule has 0 saturated heterocycles. The number of nitrogens with one attached hydrogen (secondary N) is 1. The van der Waals surface area contributed by atoms with E-state index in [4.69, 9.17) is 4.74 Å². The number of nitrogens with zero attached hydrogens (tertiary/aromatic N) is 2. The predicted octanol–water partition coefficient (Wildman–Crippen LogP) is 2.05. The van der Waals surface area contributed by atoms with Gasteiger partial charge in [0.05, 0.1) is 19.3 Å². The monoisotopic (exact) mass is 245 g/mol. The van der Waals surface area contributed by atoms with Crippen LogP contribution < -0.4 is 10.1 Å². The van der Waals surface area contributed by atoms with Gasteiger partial charge in [-0.2, -0.15) is 5.10 Å². The third kappa shape index (κ3) is 2.24. The van der Waals surface area contributed by atoms with E-state index in [1.807, 2.05) is 43.2 Å². The molecule has 0 aliphatic carbocycles. The minimum atomic E-state index is 0.133. The second kappa shape index (κ2) is 5.23. The van der Waals surface area contributed by atoms with Crippen molar-refractivity contribution in [1.82, 2.24) is 15.1 Å². The number of hydrogen-bond acceptors (Lipinski definition) is 3. The second-order valence-electron chi connectivity index (χ2n) is 4.31. The molecule has 96 valence electrons. The van der Waals surface area contributed by atoms with Gasteiger partial charge in [-0.25, -0.2) is 0 Å². The molecule has 0 radical (unpaired) electrons. The van der Waals surface area contributed by atoms with E-state index in [0.717, 1.165) is 11.4 Å². The maximum Gasteiger partial charge on any atom is 0.119 e. The second-order valence-corrected chi connectivity index (χ2v) is 4.31. The Labute approximate surface area is 108 Å². The van der Waals surface area contributed by atoms with Crippen molar-refractivity contribution < 1.29 is 4.74 Å². The summed E-state index contributed by atoms with van der Waals surface area (Å²) in [6.45, 7) is 2.08. The molecule has 2 aromatic rings. The van der Waals surface area contributed by atoms with E-state index in [-0.39, 0.29) is 6.04 Å². The Kier molecular flexibility index (Phi) is 3.67. The lowest BCUT2D eigenvalue weighted by molar-refractivity contribution is 0.414. The van der Waals surface area contributed by atoms with Crippen molar-refractivity contribution in [3.05, 3.63) is 47.3 Å². The molecule has 1 heterocycles. The van der Waals surface area contributed by atoms with Crippen LogP contribution in [0, 0.1) is 6.92 Å².